The van der Waals surface area contributed by atoms with E-state index in [1.165, 1.54) is 22.3 Å². The molecule has 2 heteroatoms. The van der Waals surface area contributed by atoms with Crippen molar-refractivity contribution in [1.29, 1.82) is 0 Å². The van der Waals surface area contributed by atoms with Crippen LogP contribution in [0, 0.1) is 0 Å². The molecule has 0 N–H and O–H groups in total. The summed E-state index contributed by atoms with van der Waals surface area (Å²) in [7, 11) is 0. The summed E-state index contributed by atoms with van der Waals surface area (Å²) < 4.78 is 0. The SMILES string of the molecule is CC1(C)c2ccccc2C(c2cccc(-c3ccccc3)n2)(c2cccc(-c3ccccc3)n2)c2ccccc21. The Kier molecular flexibility index (Phi) is 5.71. The summed E-state index contributed by atoms with van der Waals surface area (Å²) in [5, 5.41) is 0. The van der Waals surface area contributed by atoms with Crippen LogP contribution in [-0.2, 0) is 10.8 Å². The van der Waals surface area contributed by atoms with Crippen LogP contribution < -0.4 is 0 Å². The average molecular weight is 515 g/mol. The first-order valence-electron chi connectivity index (χ1n) is 13.9. The number of fused-ring (bicyclic) bond motifs is 2. The second-order valence-electron chi connectivity index (χ2n) is 11.0. The van der Waals surface area contributed by atoms with Crippen LogP contribution >= 0.6 is 0 Å². The Morgan fingerprint density at radius 1 is 0.375 bits per heavy atom. The molecular weight excluding hydrogens is 484 g/mol. The molecule has 192 valence electrons. The quantitative estimate of drug-likeness (QED) is 0.235. The Hall–Kier alpha value is -4.82. The van der Waals surface area contributed by atoms with E-state index in [1.54, 1.807) is 0 Å². The number of hydrogen-bond donors (Lipinski definition) is 0. The van der Waals surface area contributed by atoms with Crippen LogP contribution in [0.2, 0.25) is 0 Å². The lowest BCUT2D eigenvalue weighted by Gasteiger charge is -2.46. The summed E-state index contributed by atoms with van der Waals surface area (Å²) in [6.45, 7) is 4.66. The monoisotopic (exact) mass is 514 g/mol. The minimum Gasteiger partial charge on any atom is -0.251 e. The van der Waals surface area contributed by atoms with E-state index in [0.29, 0.717) is 0 Å². The van der Waals surface area contributed by atoms with Gasteiger partial charge in [-0.2, -0.15) is 0 Å². The minimum atomic E-state index is -0.696. The summed E-state index contributed by atoms with van der Waals surface area (Å²) in [5.41, 5.74) is 10.2. The zero-order valence-corrected chi connectivity index (χ0v) is 22.8. The molecule has 1 aliphatic rings. The van der Waals surface area contributed by atoms with Crippen LogP contribution in [-0.4, -0.2) is 9.97 Å². The standard InChI is InChI=1S/C38H30N2/c1-37(2)29-19-9-11-21-31(29)38(32-22-12-10-20-30(32)37,35-25-13-23-33(39-35)27-15-5-3-6-16-27)36-26-14-24-34(40-36)28-17-7-4-8-18-28/h3-26H,1-2H3. The smallest absolute Gasteiger partial charge is 0.105 e. The average Bonchev–Trinajstić information content (AvgIpc) is 3.03. The van der Waals surface area contributed by atoms with E-state index in [0.717, 1.165) is 33.9 Å². The lowest BCUT2D eigenvalue weighted by molar-refractivity contribution is 0.546. The van der Waals surface area contributed by atoms with Crippen LogP contribution in [0.15, 0.2) is 146 Å². The summed E-state index contributed by atoms with van der Waals surface area (Å²) >= 11 is 0. The van der Waals surface area contributed by atoms with Crippen LogP contribution in [0.4, 0.5) is 0 Å². The van der Waals surface area contributed by atoms with Gasteiger partial charge in [-0.05, 0) is 46.5 Å². The predicted octanol–water partition coefficient (Wildman–Crippen LogP) is 8.83. The predicted molar refractivity (Wildman–Crippen MR) is 163 cm³/mol. The highest BCUT2D eigenvalue weighted by molar-refractivity contribution is 5.70. The van der Waals surface area contributed by atoms with Gasteiger partial charge in [0.1, 0.15) is 5.41 Å². The largest absolute Gasteiger partial charge is 0.251 e. The highest BCUT2D eigenvalue weighted by Crippen LogP contribution is 2.55. The van der Waals surface area contributed by atoms with Crippen LogP contribution in [0.5, 0.6) is 0 Å². The Balaban J connectivity index is 1.61. The maximum absolute atomic E-state index is 5.42. The Bertz CT molecular complexity index is 1690. The molecule has 4 aromatic carbocycles. The molecule has 0 radical (unpaired) electrons. The molecule has 0 atom stereocenters. The topological polar surface area (TPSA) is 25.8 Å². The Labute approximate surface area is 236 Å². The molecule has 40 heavy (non-hydrogen) atoms. The maximum atomic E-state index is 5.42. The zero-order chi connectivity index (χ0) is 27.2. The van der Waals surface area contributed by atoms with E-state index in [2.05, 4.69) is 147 Å². The van der Waals surface area contributed by atoms with Gasteiger partial charge in [0.25, 0.3) is 0 Å². The molecule has 0 bridgehead atoms. The summed E-state index contributed by atoms with van der Waals surface area (Å²) in [5.74, 6) is 0. The number of nitrogens with zero attached hydrogens (tertiary/aromatic N) is 2. The fourth-order valence-corrected chi connectivity index (χ4v) is 6.51. The molecule has 0 aliphatic heterocycles. The molecule has 1 aliphatic carbocycles. The van der Waals surface area contributed by atoms with E-state index in [-0.39, 0.29) is 5.41 Å². The van der Waals surface area contributed by atoms with Gasteiger partial charge >= 0.3 is 0 Å². The minimum absolute atomic E-state index is 0.176. The van der Waals surface area contributed by atoms with Gasteiger partial charge < -0.3 is 0 Å². The third-order valence-electron chi connectivity index (χ3n) is 8.41. The van der Waals surface area contributed by atoms with E-state index in [4.69, 9.17) is 9.97 Å². The molecule has 0 saturated heterocycles. The first-order chi connectivity index (χ1) is 19.6. The number of benzene rings is 4. The van der Waals surface area contributed by atoms with Gasteiger partial charge in [0.05, 0.1) is 22.8 Å². The number of hydrogen-bond acceptors (Lipinski definition) is 2. The first-order valence-corrected chi connectivity index (χ1v) is 13.9. The van der Waals surface area contributed by atoms with E-state index in [9.17, 15) is 0 Å². The Morgan fingerprint density at radius 2 is 0.750 bits per heavy atom. The number of aromatic nitrogens is 2. The lowest BCUT2D eigenvalue weighted by atomic mass is 9.56. The maximum Gasteiger partial charge on any atom is 0.105 e. The van der Waals surface area contributed by atoms with Crippen molar-refractivity contribution in [3.05, 3.63) is 179 Å². The van der Waals surface area contributed by atoms with Crippen molar-refractivity contribution in [3.63, 3.8) is 0 Å². The van der Waals surface area contributed by atoms with Crippen molar-refractivity contribution in [2.75, 3.05) is 0 Å². The fraction of sp³-hybridized carbons (Fsp3) is 0.105. The van der Waals surface area contributed by atoms with Crippen molar-refractivity contribution < 1.29 is 0 Å². The third kappa shape index (κ3) is 3.64. The molecule has 0 unspecified atom stereocenters. The number of pyridine rings is 2. The Morgan fingerprint density at radius 3 is 1.18 bits per heavy atom. The molecule has 7 rings (SSSR count). The first kappa shape index (κ1) is 24.2. The molecule has 0 saturated carbocycles. The van der Waals surface area contributed by atoms with Gasteiger partial charge in [-0.1, -0.05) is 135 Å². The summed E-state index contributed by atoms with van der Waals surface area (Å²) in [6, 6.07) is 51.4. The molecule has 0 fully saturated rings. The fourth-order valence-electron chi connectivity index (χ4n) is 6.51. The van der Waals surface area contributed by atoms with E-state index >= 15 is 0 Å². The normalized spacial score (nSPS) is 14.7. The number of rotatable bonds is 4. The van der Waals surface area contributed by atoms with Crippen LogP contribution in [0.25, 0.3) is 22.5 Å². The van der Waals surface area contributed by atoms with E-state index < -0.39 is 5.41 Å². The van der Waals surface area contributed by atoms with Crippen molar-refractivity contribution in [3.8, 4) is 22.5 Å². The summed E-state index contributed by atoms with van der Waals surface area (Å²) in [6.07, 6.45) is 0. The van der Waals surface area contributed by atoms with Gasteiger partial charge in [0.2, 0.25) is 0 Å². The van der Waals surface area contributed by atoms with E-state index in [1.807, 2.05) is 12.1 Å². The second kappa shape index (κ2) is 9.43. The van der Waals surface area contributed by atoms with Crippen molar-refractivity contribution >= 4 is 0 Å². The highest BCUT2D eigenvalue weighted by atomic mass is 14.8. The van der Waals surface area contributed by atoms with Crippen molar-refractivity contribution in [2.24, 2.45) is 0 Å². The molecule has 0 amide bonds. The molecule has 0 spiro atoms. The van der Waals surface area contributed by atoms with Gasteiger partial charge in [-0.3, -0.25) is 9.97 Å². The van der Waals surface area contributed by atoms with Gasteiger partial charge in [0.15, 0.2) is 0 Å². The highest BCUT2D eigenvalue weighted by Gasteiger charge is 2.50. The molecule has 2 nitrogen and oxygen atoms in total. The van der Waals surface area contributed by atoms with Gasteiger partial charge in [-0.25, -0.2) is 0 Å². The van der Waals surface area contributed by atoms with Crippen LogP contribution in [0.1, 0.15) is 47.5 Å². The second-order valence-corrected chi connectivity index (χ2v) is 11.0. The molecule has 2 heterocycles. The molecule has 6 aromatic rings. The molecule has 2 aromatic heterocycles. The molecular formula is C38H30N2. The van der Waals surface area contributed by atoms with Gasteiger partial charge in [0, 0.05) is 16.5 Å². The van der Waals surface area contributed by atoms with Crippen molar-refractivity contribution in [2.45, 2.75) is 24.7 Å². The zero-order valence-electron chi connectivity index (χ0n) is 22.8. The lowest BCUT2D eigenvalue weighted by Crippen LogP contribution is -2.43. The summed E-state index contributed by atoms with van der Waals surface area (Å²) in [4.78, 5) is 10.8. The van der Waals surface area contributed by atoms with Crippen molar-refractivity contribution in [1.82, 2.24) is 9.97 Å². The van der Waals surface area contributed by atoms with Gasteiger partial charge in [-0.15, -0.1) is 0 Å². The van der Waals surface area contributed by atoms with Crippen LogP contribution in [0.3, 0.4) is 0 Å². The third-order valence-corrected chi connectivity index (χ3v) is 8.41.